The fourth-order valence-corrected chi connectivity index (χ4v) is 4.14. The summed E-state index contributed by atoms with van der Waals surface area (Å²) in [6.07, 6.45) is 2.54. The summed E-state index contributed by atoms with van der Waals surface area (Å²) in [5.41, 5.74) is 1.98. The first-order valence-electron chi connectivity index (χ1n) is 8.12. The average molecular weight is 349 g/mol. The van der Waals surface area contributed by atoms with Crippen molar-refractivity contribution in [1.82, 2.24) is 9.78 Å². The number of fused-ring (bicyclic) bond motifs is 1. The standard InChI is InChI=1S/C17H23N3O3S/c1-12(2)8-13(3)20-17(6-7-18-20)19-24(21,22)16-5-4-14-10-23-11-15(14)9-16/h4-7,9,12-13,19H,8,10-11H2,1-3H3. The third kappa shape index (κ3) is 3.47. The summed E-state index contributed by atoms with van der Waals surface area (Å²) in [5.74, 6) is 0.991. The van der Waals surface area contributed by atoms with Gasteiger partial charge < -0.3 is 4.74 Å². The number of hydrogen-bond acceptors (Lipinski definition) is 4. The van der Waals surface area contributed by atoms with Crippen LogP contribution in [0, 0.1) is 5.92 Å². The fourth-order valence-electron chi connectivity index (χ4n) is 3.04. The van der Waals surface area contributed by atoms with E-state index in [2.05, 4.69) is 23.7 Å². The highest BCUT2D eigenvalue weighted by molar-refractivity contribution is 7.92. The summed E-state index contributed by atoms with van der Waals surface area (Å²) >= 11 is 0. The van der Waals surface area contributed by atoms with Crippen LogP contribution >= 0.6 is 0 Å². The first-order valence-corrected chi connectivity index (χ1v) is 9.61. The zero-order valence-corrected chi connectivity index (χ0v) is 15.0. The van der Waals surface area contributed by atoms with E-state index in [1.165, 1.54) is 0 Å². The number of nitrogens with zero attached hydrogens (tertiary/aromatic N) is 2. The molecule has 2 aromatic rings. The Labute approximate surface area is 142 Å². The van der Waals surface area contributed by atoms with Crippen molar-refractivity contribution in [3.8, 4) is 0 Å². The Hall–Kier alpha value is -1.86. The van der Waals surface area contributed by atoms with Gasteiger partial charge in [-0.15, -0.1) is 0 Å². The van der Waals surface area contributed by atoms with Crippen LogP contribution in [-0.4, -0.2) is 18.2 Å². The number of hydrogen-bond donors (Lipinski definition) is 1. The van der Waals surface area contributed by atoms with Crippen LogP contribution in [0.4, 0.5) is 5.82 Å². The second-order valence-corrected chi connectivity index (χ2v) is 8.35. The zero-order chi connectivity index (χ0) is 17.3. The number of benzene rings is 1. The summed E-state index contributed by atoms with van der Waals surface area (Å²) in [5, 5.41) is 4.27. The SMILES string of the molecule is CC(C)CC(C)n1nccc1NS(=O)(=O)c1ccc2c(c1)COC2. The van der Waals surface area contributed by atoms with Crippen LogP contribution in [0.5, 0.6) is 0 Å². The lowest BCUT2D eigenvalue weighted by Crippen LogP contribution is -2.19. The average Bonchev–Trinajstić information content (AvgIpc) is 3.13. The minimum absolute atomic E-state index is 0.117. The van der Waals surface area contributed by atoms with Crippen molar-refractivity contribution in [2.24, 2.45) is 5.92 Å². The molecule has 1 atom stereocenters. The maximum atomic E-state index is 12.7. The molecule has 0 saturated carbocycles. The topological polar surface area (TPSA) is 73.2 Å². The van der Waals surface area contributed by atoms with E-state index in [0.717, 1.165) is 17.5 Å². The molecule has 2 heterocycles. The molecule has 1 aromatic heterocycles. The number of sulfonamides is 1. The van der Waals surface area contributed by atoms with Crippen LogP contribution in [0.15, 0.2) is 35.4 Å². The van der Waals surface area contributed by atoms with Gasteiger partial charge in [0.1, 0.15) is 5.82 Å². The molecule has 1 N–H and O–H groups in total. The van der Waals surface area contributed by atoms with Crippen LogP contribution in [0.1, 0.15) is 44.4 Å². The van der Waals surface area contributed by atoms with Gasteiger partial charge in [-0.05, 0) is 42.5 Å². The van der Waals surface area contributed by atoms with E-state index in [4.69, 9.17) is 4.74 Å². The maximum Gasteiger partial charge on any atom is 0.263 e. The van der Waals surface area contributed by atoms with Gasteiger partial charge >= 0.3 is 0 Å². The number of rotatable bonds is 6. The van der Waals surface area contributed by atoms with E-state index in [1.807, 2.05) is 13.0 Å². The molecule has 1 aliphatic rings. The van der Waals surface area contributed by atoms with E-state index < -0.39 is 10.0 Å². The van der Waals surface area contributed by atoms with Gasteiger partial charge in [0.25, 0.3) is 10.0 Å². The second kappa shape index (κ2) is 6.57. The van der Waals surface area contributed by atoms with Crippen LogP contribution < -0.4 is 4.72 Å². The molecular formula is C17H23N3O3S. The predicted octanol–water partition coefficient (Wildman–Crippen LogP) is 3.32. The van der Waals surface area contributed by atoms with Crippen molar-refractivity contribution in [2.75, 3.05) is 4.72 Å². The van der Waals surface area contributed by atoms with Crippen LogP contribution in [0.3, 0.4) is 0 Å². The van der Waals surface area contributed by atoms with E-state index >= 15 is 0 Å². The number of nitrogens with one attached hydrogen (secondary N) is 1. The molecule has 7 heteroatoms. The van der Waals surface area contributed by atoms with Crippen molar-refractivity contribution >= 4 is 15.8 Å². The molecule has 24 heavy (non-hydrogen) atoms. The Morgan fingerprint density at radius 3 is 2.71 bits per heavy atom. The molecule has 0 aliphatic carbocycles. The highest BCUT2D eigenvalue weighted by Gasteiger charge is 2.21. The quantitative estimate of drug-likeness (QED) is 0.868. The number of anilines is 1. The third-order valence-electron chi connectivity index (χ3n) is 4.14. The number of ether oxygens (including phenoxy) is 1. The van der Waals surface area contributed by atoms with E-state index in [1.54, 1.807) is 29.1 Å². The van der Waals surface area contributed by atoms with Gasteiger partial charge in [0.15, 0.2) is 0 Å². The van der Waals surface area contributed by atoms with Crippen molar-refractivity contribution in [3.05, 3.63) is 41.6 Å². The normalized spacial score (nSPS) is 15.5. The summed E-state index contributed by atoms with van der Waals surface area (Å²) in [6, 6.07) is 6.92. The van der Waals surface area contributed by atoms with Crippen molar-refractivity contribution in [2.45, 2.75) is 51.3 Å². The molecule has 3 rings (SSSR count). The summed E-state index contributed by atoms with van der Waals surface area (Å²) in [7, 11) is -3.66. The molecule has 0 spiro atoms. The van der Waals surface area contributed by atoms with Gasteiger partial charge in [-0.3, -0.25) is 4.72 Å². The highest BCUT2D eigenvalue weighted by Crippen LogP contribution is 2.26. The minimum Gasteiger partial charge on any atom is -0.372 e. The van der Waals surface area contributed by atoms with E-state index in [9.17, 15) is 8.42 Å². The first-order chi connectivity index (χ1) is 11.4. The third-order valence-corrected chi connectivity index (χ3v) is 5.49. The lowest BCUT2D eigenvalue weighted by molar-refractivity contribution is 0.134. The highest BCUT2D eigenvalue weighted by atomic mass is 32.2. The molecule has 0 saturated heterocycles. The molecule has 1 unspecified atom stereocenters. The van der Waals surface area contributed by atoms with Crippen LogP contribution in [0.2, 0.25) is 0 Å². The Morgan fingerprint density at radius 2 is 1.96 bits per heavy atom. The van der Waals surface area contributed by atoms with Crippen molar-refractivity contribution in [1.29, 1.82) is 0 Å². The molecule has 1 aliphatic heterocycles. The van der Waals surface area contributed by atoms with E-state index in [0.29, 0.717) is 24.9 Å². The minimum atomic E-state index is -3.66. The molecule has 130 valence electrons. The summed E-state index contributed by atoms with van der Waals surface area (Å²) in [6.45, 7) is 7.31. The summed E-state index contributed by atoms with van der Waals surface area (Å²) in [4.78, 5) is 0.246. The van der Waals surface area contributed by atoms with E-state index in [-0.39, 0.29) is 10.9 Å². The van der Waals surface area contributed by atoms with Gasteiger partial charge in [0.2, 0.25) is 0 Å². The molecule has 6 nitrogen and oxygen atoms in total. The molecule has 0 radical (unpaired) electrons. The molecule has 0 fully saturated rings. The summed E-state index contributed by atoms with van der Waals surface area (Å²) < 4.78 is 35.1. The predicted molar refractivity (Wildman–Crippen MR) is 92.1 cm³/mol. The zero-order valence-electron chi connectivity index (χ0n) is 14.2. The van der Waals surface area contributed by atoms with Gasteiger partial charge in [-0.25, -0.2) is 13.1 Å². The Kier molecular flexibility index (Phi) is 4.64. The Balaban J connectivity index is 1.84. The lowest BCUT2D eigenvalue weighted by atomic mass is 10.1. The maximum absolute atomic E-state index is 12.7. The van der Waals surface area contributed by atoms with Gasteiger partial charge in [0.05, 0.1) is 30.3 Å². The molecule has 0 amide bonds. The van der Waals surface area contributed by atoms with Gasteiger partial charge in [-0.1, -0.05) is 19.9 Å². The molecule has 1 aromatic carbocycles. The Morgan fingerprint density at radius 1 is 1.21 bits per heavy atom. The van der Waals surface area contributed by atoms with Crippen LogP contribution in [-0.2, 0) is 28.0 Å². The second-order valence-electron chi connectivity index (χ2n) is 6.67. The Bertz CT molecular complexity index is 827. The smallest absolute Gasteiger partial charge is 0.263 e. The van der Waals surface area contributed by atoms with Crippen LogP contribution in [0.25, 0.3) is 0 Å². The van der Waals surface area contributed by atoms with Gasteiger partial charge in [-0.2, -0.15) is 5.10 Å². The largest absolute Gasteiger partial charge is 0.372 e. The monoisotopic (exact) mass is 349 g/mol. The van der Waals surface area contributed by atoms with Crippen molar-refractivity contribution < 1.29 is 13.2 Å². The molecule has 0 bridgehead atoms. The first kappa shape index (κ1) is 17.0. The van der Waals surface area contributed by atoms with Crippen molar-refractivity contribution in [3.63, 3.8) is 0 Å². The lowest BCUT2D eigenvalue weighted by Gasteiger charge is -2.18. The molecular weight excluding hydrogens is 326 g/mol. The number of aromatic nitrogens is 2. The fraction of sp³-hybridized carbons (Fsp3) is 0.471. The van der Waals surface area contributed by atoms with Gasteiger partial charge in [0, 0.05) is 6.07 Å².